The van der Waals surface area contributed by atoms with Crippen LogP contribution in [0.25, 0.3) is 0 Å². The summed E-state index contributed by atoms with van der Waals surface area (Å²) in [4.78, 5) is 23.9. The quantitative estimate of drug-likeness (QED) is 0.707. The molecule has 0 saturated carbocycles. The summed E-state index contributed by atoms with van der Waals surface area (Å²) < 4.78 is 10.6. The molecule has 1 atom stereocenters. The van der Waals surface area contributed by atoms with Gasteiger partial charge in [0.1, 0.15) is 11.5 Å². The van der Waals surface area contributed by atoms with Crippen LogP contribution in [0.3, 0.4) is 0 Å². The molecule has 6 nitrogen and oxygen atoms in total. The highest BCUT2D eigenvalue weighted by atomic mass is 16.5. The molecule has 0 saturated heterocycles. The van der Waals surface area contributed by atoms with Gasteiger partial charge in [-0.1, -0.05) is 20.8 Å². The molecule has 0 aliphatic heterocycles. The molecular formula is C19H30N2O4. The van der Waals surface area contributed by atoms with E-state index in [1.807, 2.05) is 45.9 Å². The highest BCUT2D eigenvalue weighted by Crippen LogP contribution is 2.29. The molecule has 2 N–H and O–H groups in total. The zero-order valence-electron chi connectivity index (χ0n) is 16.1. The number of carbonyl (C=O) groups is 2. The van der Waals surface area contributed by atoms with Crippen LogP contribution < -0.4 is 20.1 Å². The second-order valence-corrected chi connectivity index (χ2v) is 7.01. The lowest BCUT2D eigenvalue weighted by Gasteiger charge is -2.19. The van der Waals surface area contributed by atoms with Gasteiger partial charge in [-0.05, 0) is 31.5 Å². The van der Waals surface area contributed by atoms with Gasteiger partial charge < -0.3 is 20.1 Å². The minimum absolute atomic E-state index is 0.0117. The Hall–Kier alpha value is -2.24. The predicted octanol–water partition coefficient (Wildman–Crippen LogP) is 2.82. The molecule has 1 unspecified atom stereocenters. The second-order valence-electron chi connectivity index (χ2n) is 7.01. The Bertz CT molecular complexity index is 594. The fourth-order valence-corrected chi connectivity index (χ4v) is 2.29. The lowest BCUT2D eigenvalue weighted by Crippen LogP contribution is -2.36. The van der Waals surface area contributed by atoms with Crippen molar-refractivity contribution in [3.63, 3.8) is 0 Å². The Morgan fingerprint density at radius 1 is 1.16 bits per heavy atom. The zero-order valence-corrected chi connectivity index (χ0v) is 16.1. The molecule has 0 aliphatic carbocycles. The van der Waals surface area contributed by atoms with Crippen LogP contribution in [-0.4, -0.2) is 32.6 Å². The topological polar surface area (TPSA) is 76.7 Å². The van der Waals surface area contributed by atoms with Crippen LogP contribution >= 0.6 is 0 Å². The van der Waals surface area contributed by atoms with Gasteiger partial charge in [0.2, 0.25) is 11.8 Å². The monoisotopic (exact) mass is 350 g/mol. The molecule has 0 heterocycles. The Labute approximate surface area is 150 Å². The minimum atomic E-state index is -0.417. The maximum atomic E-state index is 12.1. The summed E-state index contributed by atoms with van der Waals surface area (Å²) in [7, 11) is 3.19. The first-order chi connectivity index (χ1) is 11.7. The van der Waals surface area contributed by atoms with E-state index in [1.54, 1.807) is 14.2 Å². The van der Waals surface area contributed by atoms with Crippen LogP contribution in [-0.2, 0) is 9.59 Å². The van der Waals surface area contributed by atoms with Gasteiger partial charge in [0.15, 0.2) is 0 Å². The number of benzene rings is 1. The van der Waals surface area contributed by atoms with Gasteiger partial charge >= 0.3 is 0 Å². The molecular weight excluding hydrogens is 320 g/mol. The van der Waals surface area contributed by atoms with Crippen LogP contribution in [0, 0.1) is 5.41 Å². The van der Waals surface area contributed by atoms with E-state index in [0.717, 1.165) is 5.56 Å². The van der Waals surface area contributed by atoms with Gasteiger partial charge in [-0.25, -0.2) is 0 Å². The Kier molecular flexibility index (Phi) is 7.74. The van der Waals surface area contributed by atoms with Crippen LogP contribution in [0.2, 0.25) is 0 Å². The first kappa shape index (κ1) is 20.8. The summed E-state index contributed by atoms with van der Waals surface area (Å²) in [5, 5.41) is 5.79. The van der Waals surface area contributed by atoms with Crippen molar-refractivity contribution in [1.82, 2.24) is 10.6 Å². The fourth-order valence-electron chi connectivity index (χ4n) is 2.29. The largest absolute Gasteiger partial charge is 0.497 e. The van der Waals surface area contributed by atoms with Gasteiger partial charge in [0, 0.05) is 23.9 Å². The van der Waals surface area contributed by atoms with E-state index >= 15 is 0 Å². The minimum Gasteiger partial charge on any atom is -0.497 e. The average Bonchev–Trinajstić information content (AvgIpc) is 2.56. The van der Waals surface area contributed by atoms with Gasteiger partial charge in [0.25, 0.3) is 0 Å². The van der Waals surface area contributed by atoms with Gasteiger partial charge in [-0.2, -0.15) is 0 Å². The Balaban J connectivity index is 2.50. The lowest BCUT2D eigenvalue weighted by atomic mass is 9.96. The first-order valence-electron chi connectivity index (χ1n) is 8.48. The van der Waals surface area contributed by atoms with Crippen molar-refractivity contribution in [3.05, 3.63) is 23.8 Å². The van der Waals surface area contributed by atoms with Crippen molar-refractivity contribution < 1.29 is 19.1 Å². The third-order valence-corrected chi connectivity index (χ3v) is 3.83. The molecule has 0 aromatic heterocycles. The Morgan fingerprint density at radius 3 is 2.40 bits per heavy atom. The van der Waals surface area contributed by atoms with E-state index in [-0.39, 0.29) is 17.9 Å². The number of amides is 2. The molecule has 0 bridgehead atoms. The van der Waals surface area contributed by atoms with Crippen molar-refractivity contribution in [2.75, 3.05) is 20.8 Å². The first-order valence-corrected chi connectivity index (χ1v) is 8.48. The summed E-state index contributed by atoms with van der Waals surface area (Å²) in [6.07, 6.45) is 0.941. The van der Waals surface area contributed by atoms with E-state index in [0.29, 0.717) is 30.9 Å². The van der Waals surface area contributed by atoms with Crippen LogP contribution in [0.1, 0.15) is 52.1 Å². The zero-order chi connectivity index (χ0) is 19.0. The number of hydrogen-bond acceptors (Lipinski definition) is 4. The molecule has 1 aromatic carbocycles. The van der Waals surface area contributed by atoms with Crippen LogP contribution in [0.15, 0.2) is 18.2 Å². The van der Waals surface area contributed by atoms with Gasteiger partial charge in [-0.3, -0.25) is 9.59 Å². The SMILES string of the molecule is COc1ccc(OC)c(C(C)NC(=O)CCCNC(=O)C(C)(C)C)c1. The van der Waals surface area contributed by atoms with Gasteiger partial charge in [0.05, 0.1) is 20.3 Å². The summed E-state index contributed by atoms with van der Waals surface area (Å²) in [5.74, 6) is 1.33. The number of methoxy groups -OCH3 is 2. The molecule has 25 heavy (non-hydrogen) atoms. The highest BCUT2D eigenvalue weighted by Gasteiger charge is 2.20. The highest BCUT2D eigenvalue weighted by molar-refractivity contribution is 5.81. The summed E-state index contributed by atoms with van der Waals surface area (Å²) in [5.41, 5.74) is 0.441. The molecule has 6 heteroatoms. The molecule has 1 aromatic rings. The molecule has 0 aliphatic rings. The average molecular weight is 350 g/mol. The van der Waals surface area contributed by atoms with Crippen molar-refractivity contribution in [1.29, 1.82) is 0 Å². The van der Waals surface area contributed by atoms with Gasteiger partial charge in [-0.15, -0.1) is 0 Å². The number of rotatable bonds is 8. The molecule has 0 radical (unpaired) electrons. The summed E-state index contributed by atoms with van der Waals surface area (Å²) >= 11 is 0. The number of hydrogen-bond donors (Lipinski definition) is 2. The van der Waals surface area contributed by atoms with E-state index in [4.69, 9.17) is 9.47 Å². The summed E-state index contributed by atoms with van der Waals surface area (Å²) in [6.45, 7) is 7.96. The fraction of sp³-hybridized carbons (Fsp3) is 0.579. The number of nitrogens with one attached hydrogen (secondary N) is 2. The molecule has 2 amide bonds. The van der Waals surface area contributed by atoms with Crippen molar-refractivity contribution in [2.45, 2.75) is 46.6 Å². The van der Waals surface area contributed by atoms with Crippen LogP contribution in [0.5, 0.6) is 11.5 Å². The maximum Gasteiger partial charge on any atom is 0.225 e. The molecule has 0 fully saturated rings. The Morgan fingerprint density at radius 2 is 1.84 bits per heavy atom. The van der Waals surface area contributed by atoms with Crippen LogP contribution in [0.4, 0.5) is 0 Å². The number of carbonyl (C=O) groups excluding carboxylic acids is 2. The second kappa shape index (κ2) is 9.30. The number of ether oxygens (including phenoxy) is 2. The van der Waals surface area contributed by atoms with Crippen molar-refractivity contribution in [2.24, 2.45) is 5.41 Å². The van der Waals surface area contributed by atoms with E-state index in [1.165, 1.54) is 0 Å². The van der Waals surface area contributed by atoms with E-state index < -0.39 is 5.41 Å². The third kappa shape index (κ3) is 6.64. The van der Waals surface area contributed by atoms with E-state index in [2.05, 4.69) is 10.6 Å². The smallest absolute Gasteiger partial charge is 0.225 e. The molecule has 1 rings (SSSR count). The van der Waals surface area contributed by atoms with Crippen molar-refractivity contribution in [3.8, 4) is 11.5 Å². The maximum absolute atomic E-state index is 12.1. The standard InChI is InChI=1S/C19H30N2O4/c1-13(15-12-14(24-5)9-10-16(15)25-6)21-17(22)8-7-11-20-18(23)19(2,3)4/h9-10,12-13H,7-8,11H2,1-6H3,(H,20,23)(H,21,22). The van der Waals surface area contributed by atoms with Crippen molar-refractivity contribution >= 4 is 11.8 Å². The lowest BCUT2D eigenvalue weighted by molar-refractivity contribution is -0.128. The summed E-state index contributed by atoms with van der Waals surface area (Å²) in [6, 6.07) is 5.28. The van der Waals surface area contributed by atoms with E-state index in [9.17, 15) is 9.59 Å². The molecule has 140 valence electrons. The molecule has 0 spiro atoms. The normalized spacial score (nSPS) is 12.2. The third-order valence-electron chi connectivity index (χ3n) is 3.83. The predicted molar refractivity (Wildman–Crippen MR) is 97.8 cm³/mol.